The fourth-order valence-electron chi connectivity index (χ4n) is 2.77. The molecule has 0 saturated carbocycles. The van der Waals surface area contributed by atoms with Crippen molar-refractivity contribution >= 4 is 33.8 Å². The number of carbonyl (C=O) groups is 1. The van der Waals surface area contributed by atoms with Gasteiger partial charge in [-0.25, -0.2) is 14.5 Å². The number of hydrogen-bond donors (Lipinski definition) is 0. The first-order chi connectivity index (χ1) is 14.5. The van der Waals surface area contributed by atoms with Crippen LogP contribution in [0.2, 0.25) is 0 Å². The molecule has 1 aromatic carbocycles. The molecule has 10 nitrogen and oxygen atoms in total. The average molecular weight is 421 g/mol. The molecule has 0 saturated heterocycles. The van der Waals surface area contributed by atoms with E-state index in [0.717, 1.165) is 5.69 Å². The number of thiazole rings is 1. The molecule has 1 amide bonds. The number of amides is 1. The van der Waals surface area contributed by atoms with Gasteiger partial charge >= 0.3 is 0 Å². The predicted molar refractivity (Wildman–Crippen MR) is 112 cm³/mol. The maximum atomic E-state index is 13.1. The molecule has 0 N–H and O–H groups in total. The van der Waals surface area contributed by atoms with Gasteiger partial charge in [-0.05, 0) is 25.1 Å². The molecule has 0 spiro atoms. The summed E-state index contributed by atoms with van der Waals surface area (Å²) in [5, 5.41) is 17.3. The molecule has 0 fully saturated rings. The number of anilines is 1. The second-order valence-corrected chi connectivity index (χ2v) is 7.09. The summed E-state index contributed by atoms with van der Waals surface area (Å²) < 4.78 is 1.50. The van der Waals surface area contributed by atoms with Crippen molar-refractivity contribution in [1.82, 2.24) is 24.6 Å². The van der Waals surface area contributed by atoms with E-state index in [2.05, 4.69) is 26.6 Å². The monoisotopic (exact) mass is 421 g/mol. The smallest absolute Gasteiger partial charge is 0.277 e. The van der Waals surface area contributed by atoms with Gasteiger partial charge in [0.15, 0.2) is 5.13 Å². The quantitative estimate of drug-likeness (QED) is 0.266. The lowest BCUT2D eigenvalue weighted by molar-refractivity contribution is -0.384. The minimum Gasteiger partial charge on any atom is -0.277 e. The van der Waals surface area contributed by atoms with Crippen molar-refractivity contribution in [1.29, 1.82) is 0 Å². The van der Waals surface area contributed by atoms with E-state index >= 15 is 0 Å². The SMILES string of the molecule is C=CCN(C(=O)c1nc2nccc(C)n2n1)c1nc(-c2ccc([N+](=O)[O-])cc2)cs1. The third-order valence-electron chi connectivity index (χ3n) is 4.27. The molecule has 0 aliphatic heterocycles. The number of fused-ring (bicyclic) bond motifs is 1. The Labute approximate surface area is 174 Å². The lowest BCUT2D eigenvalue weighted by Crippen LogP contribution is -2.32. The van der Waals surface area contributed by atoms with Crippen LogP contribution in [0, 0.1) is 17.0 Å². The van der Waals surface area contributed by atoms with Gasteiger partial charge in [0.05, 0.1) is 10.6 Å². The number of benzene rings is 1. The zero-order valence-electron chi connectivity index (χ0n) is 15.8. The molecule has 0 radical (unpaired) electrons. The van der Waals surface area contributed by atoms with E-state index in [4.69, 9.17) is 0 Å². The van der Waals surface area contributed by atoms with Crippen LogP contribution in [0.1, 0.15) is 16.3 Å². The molecule has 30 heavy (non-hydrogen) atoms. The molecule has 11 heteroatoms. The van der Waals surface area contributed by atoms with E-state index in [-0.39, 0.29) is 18.1 Å². The van der Waals surface area contributed by atoms with Crippen molar-refractivity contribution in [2.45, 2.75) is 6.92 Å². The highest BCUT2D eigenvalue weighted by Crippen LogP contribution is 2.29. The van der Waals surface area contributed by atoms with Gasteiger partial charge < -0.3 is 0 Å². The lowest BCUT2D eigenvalue weighted by atomic mass is 10.1. The van der Waals surface area contributed by atoms with Crippen molar-refractivity contribution in [2.75, 3.05) is 11.4 Å². The van der Waals surface area contributed by atoms with Gasteiger partial charge in [0.25, 0.3) is 17.4 Å². The van der Waals surface area contributed by atoms with Crippen molar-refractivity contribution in [3.8, 4) is 11.3 Å². The van der Waals surface area contributed by atoms with E-state index in [1.54, 1.807) is 35.9 Å². The first kappa shape index (κ1) is 19.3. The number of non-ortho nitro benzene ring substituents is 1. The minimum absolute atomic E-state index is 0.000472. The normalized spacial score (nSPS) is 10.8. The van der Waals surface area contributed by atoms with Crippen LogP contribution in [0.25, 0.3) is 17.0 Å². The summed E-state index contributed by atoms with van der Waals surface area (Å²) in [4.78, 5) is 37.7. The second kappa shape index (κ2) is 7.79. The summed E-state index contributed by atoms with van der Waals surface area (Å²) in [6.45, 7) is 5.77. The largest absolute Gasteiger partial charge is 0.300 e. The Hall–Kier alpha value is -3.99. The summed E-state index contributed by atoms with van der Waals surface area (Å²) >= 11 is 1.27. The Kier molecular flexibility index (Phi) is 5.02. The number of nitro groups is 1. The second-order valence-electron chi connectivity index (χ2n) is 6.26. The summed E-state index contributed by atoms with van der Waals surface area (Å²) in [6, 6.07) is 7.84. The third kappa shape index (κ3) is 3.53. The van der Waals surface area contributed by atoms with Crippen LogP contribution in [-0.2, 0) is 0 Å². The summed E-state index contributed by atoms with van der Waals surface area (Å²) in [7, 11) is 0. The van der Waals surface area contributed by atoms with E-state index in [0.29, 0.717) is 22.2 Å². The zero-order chi connectivity index (χ0) is 21.3. The number of aryl methyl sites for hydroxylation is 1. The molecule has 3 aromatic heterocycles. The molecule has 0 aliphatic carbocycles. The van der Waals surface area contributed by atoms with Gasteiger partial charge in [0.2, 0.25) is 5.82 Å². The molecular formula is C19H15N7O3S. The van der Waals surface area contributed by atoms with Gasteiger partial charge in [-0.3, -0.25) is 19.8 Å². The lowest BCUT2D eigenvalue weighted by Gasteiger charge is -2.15. The molecular weight excluding hydrogens is 406 g/mol. The van der Waals surface area contributed by atoms with Crippen molar-refractivity contribution in [2.24, 2.45) is 0 Å². The van der Waals surface area contributed by atoms with E-state index in [1.807, 2.05) is 6.92 Å². The first-order valence-electron chi connectivity index (χ1n) is 8.79. The zero-order valence-corrected chi connectivity index (χ0v) is 16.6. The minimum atomic E-state index is -0.459. The summed E-state index contributed by atoms with van der Waals surface area (Å²) in [5.41, 5.74) is 2.11. The fourth-order valence-corrected chi connectivity index (χ4v) is 3.61. The highest BCUT2D eigenvalue weighted by atomic mass is 32.1. The molecule has 3 heterocycles. The van der Waals surface area contributed by atoms with Crippen molar-refractivity contribution in [3.63, 3.8) is 0 Å². The number of aromatic nitrogens is 5. The van der Waals surface area contributed by atoms with E-state index in [1.165, 1.54) is 32.9 Å². The van der Waals surface area contributed by atoms with Crippen LogP contribution in [0.5, 0.6) is 0 Å². The molecule has 150 valence electrons. The van der Waals surface area contributed by atoms with Crippen LogP contribution in [-0.4, -0.2) is 41.9 Å². The van der Waals surface area contributed by atoms with Crippen molar-refractivity contribution < 1.29 is 9.72 Å². The Morgan fingerprint density at radius 3 is 2.73 bits per heavy atom. The molecule has 0 aliphatic rings. The van der Waals surface area contributed by atoms with Gasteiger partial charge in [0.1, 0.15) is 0 Å². The predicted octanol–water partition coefficient (Wildman–Crippen LogP) is 3.30. The Morgan fingerprint density at radius 2 is 2.07 bits per heavy atom. The maximum Gasteiger partial charge on any atom is 0.300 e. The Bertz CT molecular complexity index is 1260. The standard InChI is InChI=1S/C19H15N7O3S/c1-3-10-24(17(27)16-22-18-20-9-8-12(2)25(18)23-16)19-21-15(11-30-19)13-4-6-14(7-5-13)26(28)29/h3-9,11H,1,10H2,2H3. The molecule has 0 unspecified atom stereocenters. The topological polar surface area (TPSA) is 119 Å². The number of rotatable bonds is 6. The van der Waals surface area contributed by atoms with Crippen LogP contribution in [0.4, 0.5) is 10.8 Å². The average Bonchev–Trinajstić information content (AvgIpc) is 3.40. The van der Waals surface area contributed by atoms with E-state index < -0.39 is 10.8 Å². The van der Waals surface area contributed by atoms with Gasteiger partial charge in [-0.2, -0.15) is 4.98 Å². The maximum absolute atomic E-state index is 13.1. The molecule has 0 bridgehead atoms. The fraction of sp³-hybridized carbons (Fsp3) is 0.105. The van der Waals surface area contributed by atoms with Crippen LogP contribution in [0.15, 0.2) is 54.6 Å². The van der Waals surface area contributed by atoms with Crippen molar-refractivity contribution in [3.05, 3.63) is 76.2 Å². The summed E-state index contributed by atoms with van der Waals surface area (Å²) in [6.07, 6.45) is 3.19. The van der Waals surface area contributed by atoms with E-state index in [9.17, 15) is 14.9 Å². The van der Waals surface area contributed by atoms with Crippen LogP contribution in [0.3, 0.4) is 0 Å². The number of nitro benzene ring substituents is 1. The molecule has 0 atom stereocenters. The molecule has 4 rings (SSSR count). The number of hydrogen-bond acceptors (Lipinski definition) is 8. The van der Waals surface area contributed by atoms with Gasteiger partial charge in [-0.1, -0.05) is 6.08 Å². The summed E-state index contributed by atoms with van der Waals surface area (Å²) in [5.74, 6) is -0.0854. The Morgan fingerprint density at radius 1 is 1.30 bits per heavy atom. The highest BCUT2D eigenvalue weighted by Gasteiger charge is 2.24. The van der Waals surface area contributed by atoms with Gasteiger partial charge in [-0.15, -0.1) is 23.0 Å². The van der Waals surface area contributed by atoms with Crippen LogP contribution >= 0.6 is 11.3 Å². The highest BCUT2D eigenvalue weighted by molar-refractivity contribution is 7.14. The van der Waals surface area contributed by atoms with Crippen LogP contribution < -0.4 is 4.90 Å². The third-order valence-corrected chi connectivity index (χ3v) is 5.14. The first-order valence-corrected chi connectivity index (χ1v) is 9.67. The molecule has 4 aromatic rings. The number of nitrogens with zero attached hydrogens (tertiary/aromatic N) is 7. The van der Waals surface area contributed by atoms with Gasteiger partial charge in [0, 0.05) is 41.5 Å². The Balaban J connectivity index is 1.65. The number of carbonyl (C=O) groups excluding carboxylic acids is 1.